The van der Waals surface area contributed by atoms with Gasteiger partial charge in [-0.1, -0.05) is 176 Å². The maximum absolute atomic E-state index is 11.5. The van der Waals surface area contributed by atoms with Crippen LogP contribution in [0.1, 0.15) is 253 Å². The summed E-state index contributed by atoms with van der Waals surface area (Å²) >= 11 is 0. The van der Waals surface area contributed by atoms with Crippen LogP contribution in [0.15, 0.2) is 0 Å². The first-order chi connectivity index (χ1) is 39.9. The zero-order valence-corrected chi connectivity index (χ0v) is 55.5. The van der Waals surface area contributed by atoms with E-state index in [2.05, 4.69) is 16.0 Å². The molecule has 4 saturated carbocycles. The first-order valence-electron chi connectivity index (χ1n) is 33.6. The first kappa shape index (κ1) is 86.4. The Bertz CT molecular complexity index is 1720. The molecule has 7 fully saturated rings. The van der Waals surface area contributed by atoms with E-state index < -0.39 is 42.7 Å². The minimum Gasteiger partial charge on any atom is -0.385 e. The SMILES string of the molecule is C.C.CC(C)C(=O)C(O)C1CCC1.CC(C)C(=O)C(O)C1CCCC1.CC(C)C(=O)C(O)C1CCCCC1.CC(C)C(=O)C(O)C1CCCCC1.CC(C)C(=O)C(O)C1CCCCN1.CC(C)C(=O)C(O)C1CCCN1.CC(C)C(=O)C(O)C1CNC1. The first-order valence-corrected chi connectivity index (χ1v) is 33.6. The third-order valence-electron chi connectivity index (χ3n) is 18.1. The molecule has 3 aliphatic heterocycles. The molecule has 3 heterocycles. The van der Waals surface area contributed by atoms with Crippen LogP contribution in [0.2, 0.25) is 0 Å². The van der Waals surface area contributed by atoms with Gasteiger partial charge < -0.3 is 51.7 Å². The average Bonchev–Trinajstić information content (AvgIpc) is 4.43. The quantitative estimate of drug-likeness (QED) is 0.0511. The zero-order valence-electron chi connectivity index (χ0n) is 55.5. The van der Waals surface area contributed by atoms with E-state index in [-0.39, 0.29) is 138 Å². The van der Waals surface area contributed by atoms with E-state index in [0.29, 0.717) is 0 Å². The van der Waals surface area contributed by atoms with Gasteiger partial charge in [-0.3, -0.25) is 33.6 Å². The third-order valence-corrected chi connectivity index (χ3v) is 18.1. The van der Waals surface area contributed by atoms with Gasteiger partial charge in [0.05, 0.1) is 0 Å². The van der Waals surface area contributed by atoms with Crippen molar-refractivity contribution >= 4 is 40.5 Å². The number of carbonyl (C=O) groups is 7. The fourth-order valence-corrected chi connectivity index (χ4v) is 11.5. The summed E-state index contributed by atoms with van der Waals surface area (Å²) < 4.78 is 0. The van der Waals surface area contributed by atoms with Gasteiger partial charge in [-0.2, -0.15) is 0 Å². The molecular weight excluding hydrogens is 1110 g/mol. The lowest BCUT2D eigenvalue weighted by Gasteiger charge is -2.31. The van der Waals surface area contributed by atoms with E-state index in [1.807, 2.05) is 96.9 Å². The molecule has 9 atom stereocenters. The number of carbonyl (C=O) groups excluding carboxylic acids is 7. The lowest BCUT2D eigenvalue weighted by molar-refractivity contribution is -0.135. The minimum atomic E-state index is -0.805. The Labute approximate surface area is 528 Å². The second kappa shape index (κ2) is 46.4. The van der Waals surface area contributed by atoms with Crippen molar-refractivity contribution in [2.24, 2.45) is 71.0 Å². The van der Waals surface area contributed by atoms with E-state index in [0.717, 1.165) is 110 Å². The third kappa shape index (κ3) is 31.9. The van der Waals surface area contributed by atoms with Crippen LogP contribution in [0.4, 0.5) is 0 Å². The van der Waals surface area contributed by atoms with Gasteiger partial charge in [0.25, 0.3) is 0 Å². The Kier molecular flexibility index (Phi) is 46.0. The molecule has 0 spiro atoms. The Morgan fingerprint density at radius 3 is 0.667 bits per heavy atom. The number of piperidine rings is 1. The summed E-state index contributed by atoms with van der Waals surface area (Å²) in [6, 6.07) is -0.0106. The number of aliphatic hydroxyl groups is 7. The maximum Gasteiger partial charge on any atom is 0.165 e. The van der Waals surface area contributed by atoms with Gasteiger partial charge in [-0.25, -0.2) is 0 Å². The van der Waals surface area contributed by atoms with Crippen molar-refractivity contribution in [1.29, 1.82) is 0 Å². The highest BCUT2D eigenvalue weighted by atomic mass is 16.3. The highest BCUT2D eigenvalue weighted by molar-refractivity contribution is 5.87. The molecule has 17 heteroatoms. The van der Waals surface area contributed by atoms with Crippen LogP contribution >= 0.6 is 0 Å². The highest BCUT2D eigenvalue weighted by Gasteiger charge is 2.35. The lowest BCUT2D eigenvalue weighted by Crippen LogP contribution is -2.51. The van der Waals surface area contributed by atoms with Gasteiger partial charge in [0, 0.05) is 72.5 Å². The number of nitrogens with one attached hydrogen (secondary N) is 3. The van der Waals surface area contributed by atoms with Crippen LogP contribution in [0.3, 0.4) is 0 Å². The van der Waals surface area contributed by atoms with E-state index >= 15 is 0 Å². The Hall–Kier alpha value is -2.71. The molecule has 7 aliphatic rings. The number of Topliss-reactive ketones (excluding diaryl/α,β-unsaturated/α-hetero) is 7. The zero-order chi connectivity index (χ0) is 64.7. The van der Waals surface area contributed by atoms with Crippen molar-refractivity contribution in [3.63, 3.8) is 0 Å². The van der Waals surface area contributed by atoms with E-state index in [1.54, 1.807) is 0 Å². The van der Waals surface area contributed by atoms with Crippen LogP contribution in [-0.2, 0) is 33.6 Å². The van der Waals surface area contributed by atoms with Gasteiger partial charge in [0.2, 0.25) is 0 Å². The summed E-state index contributed by atoms with van der Waals surface area (Å²) in [5, 5.41) is 76.6. The summed E-state index contributed by atoms with van der Waals surface area (Å²) in [7, 11) is 0. The normalized spacial score (nSPS) is 22.4. The predicted molar refractivity (Wildman–Crippen MR) is 350 cm³/mol. The van der Waals surface area contributed by atoms with Crippen molar-refractivity contribution < 1.29 is 69.3 Å². The monoisotopic (exact) mass is 1240 g/mol. The molecule has 0 radical (unpaired) electrons. The number of hydrogen-bond donors (Lipinski definition) is 10. The summed E-state index contributed by atoms with van der Waals surface area (Å²) in [5.74, 6) is 0.800. The molecule has 0 aromatic heterocycles. The lowest BCUT2D eigenvalue weighted by atomic mass is 9.78. The number of rotatable bonds is 21. The molecule has 17 nitrogen and oxygen atoms in total. The van der Waals surface area contributed by atoms with Crippen LogP contribution in [-0.4, -0.2) is 157 Å². The molecule has 0 bridgehead atoms. The second-order valence-electron chi connectivity index (χ2n) is 27.7. The van der Waals surface area contributed by atoms with Crippen molar-refractivity contribution in [3.05, 3.63) is 0 Å². The molecule has 0 aromatic rings. The molecule has 9 unspecified atom stereocenters. The summed E-state index contributed by atoms with van der Waals surface area (Å²) in [4.78, 5) is 79.6. The Morgan fingerprint density at radius 1 is 0.264 bits per heavy atom. The fraction of sp³-hybridized carbons (Fsp3) is 0.900. The molecule has 10 N–H and O–H groups in total. The average molecular weight is 1240 g/mol. The van der Waals surface area contributed by atoms with Gasteiger partial charge in [-0.05, 0) is 114 Å². The van der Waals surface area contributed by atoms with E-state index in [4.69, 9.17) is 0 Å². The molecule has 3 saturated heterocycles. The number of ketones is 7. The molecule has 0 amide bonds. The summed E-state index contributed by atoms with van der Waals surface area (Å²) in [6.45, 7) is 29.1. The standard InChI is InChI=1S/2C11H20O2.C10H19NO2.C10H18O2.C9H17NO2.C9H16O2.C8H15NO2.2CH4/c2*1-8(2)10(12)11(13)9-6-4-3-5-7-9;1-7(2)9(12)10(13)8-5-3-4-6-11-8;1-7(2)9(11)10(12)8-5-3-4-6-8;1-6(2)8(11)9(12)7-4-3-5-10-7;1-6(2)8(10)9(11)7-4-3-5-7;1-5(2)7(10)8(11)6-3-9-4-6;;/h2*8-9,11,13H,3-7H2,1-2H3;7-8,10-11,13H,3-6H2,1-2H3;7-8,10,12H,3-6H2,1-2H3;6-7,9-10,12H,3-5H2,1-2H3;6-7,9,11H,3-5H2,1-2H3;5-6,8-9,11H,3-4H2,1-2H3;2*1H4. The predicted octanol–water partition coefficient (Wildman–Crippen LogP) is 9.54. The molecule has 0 aromatic carbocycles. The summed E-state index contributed by atoms with van der Waals surface area (Å²) in [6.07, 6.45) is 19.0. The van der Waals surface area contributed by atoms with Crippen molar-refractivity contribution in [2.75, 3.05) is 26.2 Å². The van der Waals surface area contributed by atoms with Crippen molar-refractivity contribution in [3.8, 4) is 0 Å². The molecule has 7 rings (SSSR count). The molecule has 4 aliphatic carbocycles. The van der Waals surface area contributed by atoms with Crippen LogP contribution in [0, 0.1) is 71.0 Å². The summed E-state index contributed by atoms with van der Waals surface area (Å²) in [5.41, 5.74) is 0. The van der Waals surface area contributed by atoms with E-state index in [1.165, 1.54) is 57.8 Å². The smallest absolute Gasteiger partial charge is 0.165 e. The minimum absolute atomic E-state index is 0. The van der Waals surface area contributed by atoms with Crippen LogP contribution in [0.5, 0.6) is 0 Å². The molecule has 512 valence electrons. The van der Waals surface area contributed by atoms with Crippen LogP contribution in [0.25, 0.3) is 0 Å². The van der Waals surface area contributed by atoms with Gasteiger partial charge in [0.15, 0.2) is 40.5 Å². The molecule has 87 heavy (non-hydrogen) atoms. The Balaban J connectivity index is 0. The molecular formula is C70H133N3O14. The van der Waals surface area contributed by atoms with Crippen LogP contribution < -0.4 is 16.0 Å². The topological polar surface area (TPSA) is 297 Å². The fourth-order valence-electron chi connectivity index (χ4n) is 11.5. The van der Waals surface area contributed by atoms with Gasteiger partial charge >= 0.3 is 0 Å². The number of aliphatic hydroxyl groups excluding tert-OH is 7. The Morgan fingerprint density at radius 2 is 0.471 bits per heavy atom. The van der Waals surface area contributed by atoms with Gasteiger partial charge in [-0.15, -0.1) is 0 Å². The largest absolute Gasteiger partial charge is 0.385 e. The van der Waals surface area contributed by atoms with Gasteiger partial charge in [0.1, 0.15) is 42.7 Å². The number of hydrogen-bond acceptors (Lipinski definition) is 17. The highest BCUT2D eigenvalue weighted by Crippen LogP contribution is 2.32. The maximum atomic E-state index is 11.5. The van der Waals surface area contributed by atoms with Crippen molar-refractivity contribution in [1.82, 2.24) is 16.0 Å². The van der Waals surface area contributed by atoms with Crippen molar-refractivity contribution in [2.45, 2.75) is 308 Å². The van der Waals surface area contributed by atoms with E-state index in [9.17, 15) is 69.3 Å². The second-order valence-corrected chi connectivity index (χ2v) is 27.7.